The van der Waals surface area contributed by atoms with Crippen molar-refractivity contribution >= 4 is 34.0 Å². The number of fused-ring (bicyclic) bond motifs is 1. The molecule has 0 amide bonds. The Balaban J connectivity index is 1.56. The number of H-pyrrole nitrogens is 1. The van der Waals surface area contributed by atoms with Crippen molar-refractivity contribution in [1.82, 2.24) is 24.2 Å². The molecule has 1 fully saturated rings. The third-order valence-corrected chi connectivity index (χ3v) is 17.1. The van der Waals surface area contributed by atoms with E-state index < -0.39 is 52.5 Å². The van der Waals surface area contributed by atoms with Gasteiger partial charge in [0, 0.05) is 12.1 Å². The lowest BCUT2D eigenvalue weighted by atomic mass is 9.80. The third kappa shape index (κ3) is 9.91. The Hall–Kier alpha value is -4.69. The Kier molecular flexibility index (Phi) is 15.3. The molecule has 17 heteroatoms. The number of hydrogen-bond acceptors (Lipinski definition) is 13. The van der Waals surface area contributed by atoms with Crippen molar-refractivity contribution in [3.8, 4) is 17.6 Å². The molecule has 2 aromatic heterocycles. The van der Waals surface area contributed by atoms with Gasteiger partial charge in [-0.25, -0.2) is 9.65 Å². The summed E-state index contributed by atoms with van der Waals surface area (Å²) in [7, 11) is -1.04. The minimum Gasteiger partial charge on any atom is -0.497 e. The lowest BCUT2D eigenvalue weighted by Gasteiger charge is -2.40. The Labute approximate surface area is 366 Å². The number of hydrogen-bond donors (Lipinski definition) is 2. The summed E-state index contributed by atoms with van der Waals surface area (Å²) in [4.78, 5) is 24.6. The molecule has 3 N–H and O–H groups in total. The summed E-state index contributed by atoms with van der Waals surface area (Å²) in [6, 6.07) is 27.9. The molecule has 1 aliphatic heterocycles. The molecule has 332 valence electrons. The first-order valence-electron chi connectivity index (χ1n) is 20.9. The van der Waals surface area contributed by atoms with E-state index in [0.717, 1.165) is 16.7 Å². The van der Waals surface area contributed by atoms with Crippen molar-refractivity contribution in [3.05, 3.63) is 112 Å². The molecule has 15 nitrogen and oxygen atoms in total. The fourth-order valence-electron chi connectivity index (χ4n) is 7.61. The molecule has 62 heavy (non-hydrogen) atoms. The van der Waals surface area contributed by atoms with Crippen molar-refractivity contribution in [1.29, 1.82) is 5.26 Å². The van der Waals surface area contributed by atoms with Crippen LogP contribution in [0.15, 0.2) is 90.0 Å². The van der Waals surface area contributed by atoms with Crippen LogP contribution in [-0.4, -0.2) is 90.3 Å². The van der Waals surface area contributed by atoms with Gasteiger partial charge in [0.1, 0.15) is 35.4 Å². The highest BCUT2D eigenvalue weighted by Crippen LogP contribution is 2.52. The van der Waals surface area contributed by atoms with Crippen LogP contribution < -0.4 is 20.8 Å². The molecule has 0 saturated carbocycles. The number of nitrogen functional groups attached to an aromatic ring is 1. The molecule has 1 saturated heterocycles. The van der Waals surface area contributed by atoms with Crippen molar-refractivity contribution < 1.29 is 32.4 Å². The van der Waals surface area contributed by atoms with Crippen molar-refractivity contribution in [2.45, 2.75) is 109 Å². The number of anilines is 1. The maximum absolute atomic E-state index is 13.1. The number of rotatable bonds is 20. The number of ether oxygens (including phenoxy) is 4. The molecule has 0 radical (unpaired) electrons. The Bertz CT molecular complexity index is 2260. The highest BCUT2D eigenvalue weighted by molar-refractivity contribution is 7.44. The van der Waals surface area contributed by atoms with E-state index in [4.69, 9.17) is 38.2 Å². The topological polar surface area (TPSA) is 181 Å². The predicted octanol–water partition coefficient (Wildman–Crippen LogP) is 8.29. The van der Waals surface area contributed by atoms with E-state index in [2.05, 4.69) is 80.3 Å². The van der Waals surface area contributed by atoms with Gasteiger partial charge in [-0.3, -0.25) is 14.3 Å². The molecule has 3 heterocycles. The minimum absolute atomic E-state index is 0.00878. The van der Waals surface area contributed by atoms with Crippen LogP contribution >= 0.6 is 8.53 Å². The summed E-state index contributed by atoms with van der Waals surface area (Å²) in [5, 5.41) is 9.55. The van der Waals surface area contributed by atoms with Gasteiger partial charge in [-0.2, -0.15) is 10.2 Å². The number of nitrogens with one attached hydrogen (secondary N) is 1. The smallest absolute Gasteiger partial charge is 0.280 e. The lowest BCUT2D eigenvalue weighted by molar-refractivity contribution is -0.0926. The average Bonchev–Trinajstić information content (AvgIpc) is 3.82. The number of nitriles is 1. The summed E-state index contributed by atoms with van der Waals surface area (Å²) in [5.41, 5.74) is 7.56. The quantitative estimate of drug-likeness (QED) is 0.0330. The van der Waals surface area contributed by atoms with E-state index >= 15 is 0 Å². The zero-order valence-electron chi connectivity index (χ0n) is 37.3. The van der Waals surface area contributed by atoms with Crippen molar-refractivity contribution in [2.24, 2.45) is 0 Å². The maximum Gasteiger partial charge on any atom is 0.280 e. The van der Waals surface area contributed by atoms with Gasteiger partial charge >= 0.3 is 0 Å². The molecule has 1 unspecified atom stereocenters. The summed E-state index contributed by atoms with van der Waals surface area (Å²) < 4.78 is 50.8. The number of aromatic amines is 1. The molecule has 3 aromatic carbocycles. The van der Waals surface area contributed by atoms with E-state index in [9.17, 15) is 10.1 Å². The second-order valence-corrected chi connectivity index (χ2v) is 22.6. The number of nitrogens with zero attached hydrogens (tertiary/aromatic N) is 5. The van der Waals surface area contributed by atoms with Gasteiger partial charge in [0.2, 0.25) is 5.95 Å². The summed E-state index contributed by atoms with van der Waals surface area (Å²) in [5.74, 6) is 1.33. The van der Waals surface area contributed by atoms with E-state index in [1.54, 1.807) is 18.8 Å². The first-order valence-corrected chi connectivity index (χ1v) is 25.1. The van der Waals surface area contributed by atoms with E-state index in [-0.39, 0.29) is 54.4 Å². The zero-order chi connectivity index (χ0) is 44.8. The highest BCUT2D eigenvalue weighted by atomic mass is 31.2. The number of methoxy groups -OCH3 is 2. The normalized spacial score (nSPS) is 18.9. The molecule has 5 atom stereocenters. The number of benzene rings is 3. The first kappa shape index (κ1) is 46.8. The Morgan fingerprint density at radius 2 is 1.50 bits per heavy atom. The van der Waals surface area contributed by atoms with Crippen molar-refractivity contribution in [2.75, 3.05) is 33.2 Å². The molecular weight excluding hydrogens is 826 g/mol. The number of imidazole rings is 1. The standard InChI is InChI=1S/C45H60N7O8PSi/c1-29(2)52(30(3)4)61(57-26-14-25-46)59-39-37(58-43(40(39)60-62(9,10)31(5)6)51-28-48-38-41(51)49-44(47)50-42(38)53)27-56-45(32-15-12-11-13-16-32,33-17-21-35(54-7)22-18-33)34-19-23-36(55-8)24-20-34/h11-13,15-24,28-31,37,39-40,43H,14,26-27H2,1-10H3,(H3,47,49,50,53)/t37-,39-,40-,43-,61?/m1/s1. The summed E-state index contributed by atoms with van der Waals surface area (Å²) in [6.07, 6.45) is -1.57. The average molecular weight is 886 g/mol. The second-order valence-electron chi connectivity index (χ2n) is 16.6. The van der Waals surface area contributed by atoms with Gasteiger partial charge in [-0.15, -0.1) is 0 Å². The summed E-state index contributed by atoms with van der Waals surface area (Å²) in [6.45, 7) is 17.1. The Morgan fingerprint density at radius 1 is 0.919 bits per heavy atom. The van der Waals surface area contributed by atoms with E-state index in [1.165, 1.54) is 6.33 Å². The van der Waals surface area contributed by atoms with Gasteiger partial charge in [0.05, 0.1) is 46.3 Å². The van der Waals surface area contributed by atoms with Crippen LogP contribution in [0.2, 0.25) is 18.6 Å². The van der Waals surface area contributed by atoms with Crippen LogP contribution in [0.25, 0.3) is 11.2 Å². The molecule has 0 aliphatic carbocycles. The van der Waals surface area contributed by atoms with Crippen LogP contribution in [-0.2, 0) is 28.5 Å². The fraction of sp³-hybridized carbons (Fsp3) is 0.467. The van der Waals surface area contributed by atoms with E-state index in [1.807, 2.05) is 78.9 Å². The van der Waals surface area contributed by atoms with Crippen LogP contribution in [0.4, 0.5) is 5.95 Å². The number of nitrogens with two attached hydrogens (primary N) is 1. The minimum atomic E-state index is -2.51. The molecule has 0 spiro atoms. The van der Waals surface area contributed by atoms with Gasteiger partial charge < -0.3 is 38.2 Å². The monoisotopic (exact) mass is 885 g/mol. The van der Waals surface area contributed by atoms with Gasteiger partial charge in [0.25, 0.3) is 14.1 Å². The fourth-order valence-corrected chi connectivity index (χ4v) is 10.6. The van der Waals surface area contributed by atoms with Gasteiger partial charge in [-0.1, -0.05) is 68.4 Å². The second kappa shape index (κ2) is 20.2. The Morgan fingerprint density at radius 3 is 2.03 bits per heavy atom. The van der Waals surface area contributed by atoms with Gasteiger partial charge in [0.15, 0.2) is 25.7 Å². The van der Waals surface area contributed by atoms with Crippen molar-refractivity contribution in [3.63, 3.8) is 0 Å². The molecule has 1 aliphatic rings. The van der Waals surface area contributed by atoms with Crippen LogP contribution in [0.5, 0.6) is 11.5 Å². The molecule has 0 bridgehead atoms. The maximum atomic E-state index is 13.1. The van der Waals surface area contributed by atoms with Gasteiger partial charge in [-0.05, 0) is 87.3 Å². The third-order valence-electron chi connectivity index (χ3n) is 11.4. The van der Waals surface area contributed by atoms with Crippen LogP contribution in [0.1, 0.15) is 70.9 Å². The molecular formula is C45H60N7O8PSi. The zero-order valence-corrected chi connectivity index (χ0v) is 39.2. The summed E-state index contributed by atoms with van der Waals surface area (Å²) >= 11 is 0. The largest absolute Gasteiger partial charge is 0.497 e. The highest BCUT2D eigenvalue weighted by Gasteiger charge is 2.53. The predicted molar refractivity (Wildman–Crippen MR) is 242 cm³/mol. The number of aromatic nitrogens is 4. The van der Waals surface area contributed by atoms with E-state index in [0.29, 0.717) is 11.5 Å². The van der Waals surface area contributed by atoms with Crippen LogP contribution in [0, 0.1) is 11.3 Å². The van der Waals surface area contributed by atoms with Crippen LogP contribution in [0.3, 0.4) is 0 Å². The molecule has 5 aromatic rings. The molecule has 6 rings (SSSR count). The SMILES string of the molecule is COc1ccc(C(OC[C@H]2O[C@@H](n3cnc4c(=O)[nH]c(N)nc43)[C@H](O[Si](C)(C)C(C)C)[C@@H]2OP(OCCC#N)N(C(C)C)C(C)C)(c2ccccc2)c2ccc(OC)cc2)cc1. The first-order chi connectivity index (χ1) is 29.6. The lowest BCUT2D eigenvalue weighted by Crippen LogP contribution is -2.47.